The molecule has 0 radical (unpaired) electrons. The molecule has 0 N–H and O–H groups in total. The zero-order chi connectivity index (χ0) is 27.3. The summed E-state index contributed by atoms with van der Waals surface area (Å²) in [4.78, 5) is 14.0. The number of carbonyl (C=O) groups excluding carboxylic acids is 1. The lowest BCUT2D eigenvalue weighted by Crippen LogP contribution is -2.13. The molecule has 0 aliphatic heterocycles. The molecule has 1 aliphatic rings. The molecule has 1 aliphatic carbocycles. The highest BCUT2D eigenvalue weighted by atomic mass is 32.2. The molecule has 0 spiro atoms. The third-order valence-corrected chi connectivity index (χ3v) is 9.52. The zero-order valence-electron chi connectivity index (χ0n) is 21.7. The van der Waals surface area contributed by atoms with Crippen LogP contribution in [-0.4, -0.2) is 17.1 Å². The monoisotopic (exact) mass is 552 g/mol. The minimum atomic E-state index is -0.332. The Labute approximate surface area is 234 Å². The predicted octanol–water partition coefficient (Wildman–Crippen LogP) is 8.36. The lowest BCUT2D eigenvalue weighted by molar-refractivity contribution is -0.142. The second kappa shape index (κ2) is 9.71. The lowest BCUT2D eigenvalue weighted by Gasteiger charge is -2.16. The van der Waals surface area contributed by atoms with Gasteiger partial charge in [0, 0.05) is 32.4 Å². The fourth-order valence-electron chi connectivity index (χ4n) is 5.35. The molecule has 2 heterocycles. The summed E-state index contributed by atoms with van der Waals surface area (Å²) in [7, 11) is 1.43. The molecule has 6 rings (SSSR count). The highest BCUT2D eigenvalue weighted by molar-refractivity contribution is 7.98. The molecule has 2 atom stereocenters. The zero-order valence-corrected chi connectivity index (χ0v) is 23.3. The molecule has 2 unspecified atom stereocenters. The molecule has 1 saturated carbocycles. The standard InChI is InChI=1S/C32H25FN2O2S2/c1-19-7-10-23(11-8-19)39-35-27-12-9-22(33)16-25(27)29(24-13-14-38-28(24)18-34)30(35)20-5-4-6-21(15-20)32(2)17-26(32)31(36)37-3/h4-16,26H,17H2,1-3H3. The Morgan fingerprint density at radius 3 is 2.69 bits per heavy atom. The quantitative estimate of drug-likeness (QED) is 0.199. The average molecular weight is 553 g/mol. The molecular formula is C32H25FN2O2S2. The first-order valence-corrected chi connectivity index (χ1v) is 14.2. The molecule has 2 aromatic heterocycles. The fourth-order valence-corrected chi connectivity index (χ4v) is 7.06. The maximum atomic E-state index is 14.7. The van der Waals surface area contributed by atoms with Gasteiger partial charge in [-0.15, -0.1) is 11.3 Å². The number of hydrogen-bond acceptors (Lipinski definition) is 5. The van der Waals surface area contributed by atoms with Gasteiger partial charge in [0.25, 0.3) is 0 Å². The summed E-state index contributed by atoms with van der Waals surface area (Å²) < 4.78 is 21.9. The van der Waals surface area contributed by atoms with Gasteiger partial charge in [-0.25, -0.2) is 4.39 Å². The number of benzene rings is 3. The van der Waals surface area contributed by atoms with Gasteiger partial charge in [0.05, 0.1) is 24.2 Å². The molecule has 5 aromatic rings. The second-order valence-corrected chi connectivity index (χ2v) is 12.1. The van der Waals surface area contributed by atoms with Crippen LogP contribution < -0.4 is 0 Å². The summed E-state index contributed by atoms with van der Waals surface area (Å²) in [6, 6.07) is 25.6. The van der Waals surface area contributed by atoms with Crippen molar-refractivity contribution in [1.29, 1.82) is 5.26 Å². The van der Waals surface area contributed by atoms with E-state index in [2.05, 4.69) is 60.3 Å². The van der Waals surface area contributed by atoms with Crippen LogP contribution in [0.2, 0.25) is 0 Å². The van der Waals surface area contributed by atoms with Crippen LogP contribution in [-0.2, 0) is 14.9 Å². The van der Waals surface area contributed by atoms with Crippen molar-refractivity contribution in [2.75, 3.05) is 7.11 Å². The Morgan fingerprint density at radius 2 is 1.95 bits per heavy atom. The van der Waals surface area contributed by atoms with Gasteiger partial charge in [-0.3, -0.25) is 8.77 Å². The van der Waals surface area contributed by atoms with Crippen LogP contribution in [0, 0.1) is 30.0 Å². The molecular weight excluding hydrogens is 527 g/mol. The second-order valence-electron chi connectivity index (χ2n) is 10.1. The number of fused-ring (bicyclic) bond motifs is 1. The molecule has 0 saturated heterocycles. The minimum absolute atomic E-state index is 0.179. The van der Waals surface area contributed by atoms with Crippen LogP contribution >= 0.6 is 23.3 Å². The molecule has 7 heteroatoms. The smallest absolute Gasteiger partial charge is 0.309 e. The summed E-state index contributed by atoms with van der Waals surface area (Å²) in [6.45, 7) is 4.14. The van der Waals surface area contributed by atoms with Crippen molar-refractivity contribution in [3.63, 3.8) is 0 Å². The van der Waals surface area contributed by atoms with Crippen molar-refractivity contribution < 1.29 is 13.9 Å². The van der Waals surface area contributed by atoms with Crippen LogP contribution in [0.5, 0.6) is 0 Å². The normalized spacial score (nSPS) is 18.2. The lowest BCUT2D eigenvalue weighted by atomic mass is 9.91. The molecule has 39 heavy (non-hydrogen) atoms. The van der Waals surface area contributed by atoms with E-state index >= 15 is 0 Å². The maximum Gasteiger partial charge on any atom is 0.309 e. The van der Waals surface area contributed by atoms with Gasteiger partial charge in [-0.05, 0) is 78.7 Å². The Balaban J connectivity index is 1.62. The van der Waals surface area contributed by atoms with Crippen molar-refractivity contribution in [1.82, 2.24) is 3.97 Å². The summed E-state index contributed by atoms with van der Waals surface area (Å²) in [5.74, 6) is -0.706. The van der Waals surface area contributed by atoms with Gasteiger partial charge in [0.1, 0.15) is 16.8 Å². The molecule has 0 amide bonds. The van der Waals surface area contributed by atoms with Crippen molar-refractivity contribution in [3.8, 4) is 28.5 Å². The van der Waals surface area contributed by atoms with E-state index in [9.17, 15) is 14.4 Å². The Kier molecular flexibility index (Phi) is 6.33. The van der Waals surface area contributed by atoms with Crippen LogP contribution in [0.15, 0.2) is 83.1 Å². The molecule has 0 bridgehead atoms. The van der Waals surface area contributed by atoms with Gasteiger partial charge < -0.3 is 4.74 Å². The number of nitrogens with zero attached hydrogens (tertiary/aromatic N) is 2. The topological polar surface area (TPSA) is 55.0 Å². The van der Waals surface area contributed by atoms with Crippen LogP contribution in [0.1, 0.15) is 29.3 Å². The van der Waals surface area contributed by atoms with E-state index in [1.54, 1.807) is 24.1 Å². The van der Waals surface area contributed by atoms with Crippen molar-refractivity contribution in [3.05, 3.63) is 100.0 Å². The highest BCUT2D eigenvalue weighted by Gasteiger charge is 2.56. The highest BCUT2D eigenvalue weighted by Crippen LogP contribution is 2.55. The van der Waals surface area contributed by atoms with E-state index in [1.807, 2.05) is 23.6 Å². The van der Waals surface area contributed by atoms with Crippen LogP contribution in [0.4, 0.5) is 4.39 Å². The van der Waals surface area contributed by atoms with Crippen molar-refractivity contribution >= 4 is 40.2 Å². The Bertz CT molecular complexity index is 1780. The average Bonchev–Trinajstić information content (AvgIpc) is 3.28. The maximum absolute atomic E-state index is 14.7. The third-order valence-electron chi connectivity index (χ3n) is 7.66. The largest absolute Gasteiger partial charge is 0.469 e. The number of halogens is 1. The summed E-state index contributed by atoms with van der Waals surface area (Å²) in [6.07, 6.45) is 0.728. The van der Waals surface area contributed by atoms with Crippen LogP contribution in [0.3, 0.4) is 0 Å². The number of aromatic nitrogens is 1. The number of nitriles is 1. The van der Waals surface area contributed by atoms with Gasteiger partial charge in [0.15, 0.2) is 0 Å². The first-order valence-electron chi connectivity index (χ1n) is 12.6. The summed E-state index contributed by atoms with van der Waals surface area (Å²) >= 11 is 2.94. The summed E-state index contributed by atoms with van der Waals surface area (Å²) in [5, 5.41) is 12.6. The third kappa shape index (κ3) is 4.34. The first kappa shape index (κ1) is 25.4. The van der Waals surface area contributed by atoms with E-state index in [-0.39, 0.29) is 23.1 Å². The van der Waals surface area contributed by atoms with Gasteiger partial charge in [-0.1, -0.05) is 42.8 Å². The predicted molar refractivity (Wildman–Crippen MR) is 155 cm³/mol. The molecule has 194 valence electrons. The minimum Gasteiger partial charge on any atom is -0.469 e. The number of ether oxygens (including phenoxy) is 1. The van der Waals surface area contributed by atoms with Gasteiger partial charge in [0.2, 0.25) is 0 Å². The number of esters is 1. The molecule has 4 nitrogen and oxygen atoms in total. The van der Waals surface area contributed by atoms with Gasteiger partial charge >= 0.3 is 5.97 Å². The van der Waals surface area contributed by atoms with Crippen LogP contribution in [0.25, 0.3) is 33.3 Å². The SMILES string of the molecule is COC(=O)C1CC1(C)c1cccc(-c2c(-c3ccsc3C#N)c3cc(F)ccc3n2Sc2ccc(C)cc2)c1. The number of thiophene rings is 1. The number of aryl methyl sites for hydroxylation is 1. The number of carbonyl (C=O) groups is 1. The fraction of sp³-hybridized carbons (Fsp3) is 0.188. The van der Waals surface area contributed by atoms with Crippen molar-refractivity contribution in [2.24, 2.45) is 5.92 Å². The van der Waals surface area contributed by atoms with Crippen molar-refractivity contribution in [2.45, 2.75) is 30.6 Å². The summed E-state index contributed by atoms with van der Waals surface area (Å²) in [5.41, 5.74) is 6.20. The Morgan fingerprint density at radius 1 is 1.15 bits per heavy atom. The van der Waals surface area contributed by atoms with Gasteiger partial charge in [-0.2, -0.15) is 5.26 Å². The van der Waals surface area contributed by atoms with E-state index in [4.69, 9.17) is 4.74 Å². The van der Waals surface area contributed by atoms with E-state index in [1.165, 1.54) is 30.1 Å². The first-order chi connectivity index (χ1) is 18.8. The molecule has 3 aromatic carbocycles. The van der Waals surface area contributed by atoms with E-state index in [0.29, 0.717) is 4.88 Å². The number of hydrogen-bond donors (Lipinski definition) is 0. The number of rotatable bonds is 6. The van der Waals surface area contributed by atoms with E-state index in [0.717, 1.165) is 50.2 Å². The Hall–Kier alpha value is -3.86. The number of methoxy groups -OCH3 is 1. The van der Waals surface area contributed by atoms with E-state index < -0.39 is 0 Å². The molecule has 1 fully saturated rings.